The smallest absolute Gasteiger partial charge is 0.382 e. The van der Waals surface area contributed by atoms with Crippen LogP contribution in [0.15, 0.2) is 23.3 Å². The molecular weight excluding hydrogens is 514 g/mol. The van der Waals surface area contributed by atoms with Crippen molar-refractivity contribution in [3.8, 4) is 0 Å². The number of likely N-dealkylation sites (tertiary alicyclic amines) is 1. The maximum absolute atomic E-state index is 13.0. The molecule has 1 aromatic rings. The van der Waals surface area contributed by atoms with Gasteiger partial charge < -0.3 is 25.0 Å². The van der Waals surface area contributed by atoms with Crippen molar-refractivity contribution in [2.45, 2.75) is 19.5 Å². The number of methoxy groups -OCH3 is 1. The maximum atomic E-state index is 13.0. The van der Waals surface area contributed by atoms with Gasteiger partial charge >= 0.3 is 6.18 Å². The third kappa shape index (κ3) is 8.80. The van der Waals surface area contributed by atoms with E-state index in [4.69, 9.17) is 9.47 Å². The van der Waals surface area contributed by atoms with Crippen LogP contribution in [0.5, 0.6) is 0 Å². The van der Waals surface area contributed by atoms with Gasteiger partial charge in [0.15, 0.2) is 5.96 Å². The highest BCUT2D eigenvalue weighted by atomic mass is 127. The molecule has 172 valence electrons. The van der Waals surface area contributed by atoms with Gasteiger partial charge in [-0.3, -0.25) is 4.99 Å². The van der Waals surface area contributed by atoms with Crippen LogP contribution in [-0.2, 0) is 15.7 Å². The molecule has 2 N–H and O–H groups in total. The largest absolute Gasteiger partial charge is 0.419 e. The summed E-state index contributed by atoms with van der Waals surface area (Å²) in [6.07, 6.45) is -2.09. The van der Waals surface area contributed by atoms with Crippen molar-refractivity contribution in [2.24, 2.45) is 10.9 Å². The highest BCUT2D eigenvalue weighted by molar-refractivity contribution is 14.0. The van der Waals surface area contributed by atoms with Crippen molar-refractivity contribution in [3.05, 3.63) is 23.9 Å². The molecule has 1 fully saturated rings. The number of nitrogens with zero attached hydrogens (tertiary/aromatic N) is 3. The Morgan fingerprint density at radius 1 is 1.37 bits per heavy atom. The Morgan fingerprint density at radius 2 is 2.17 bits per heavy atom. The number of alkyl halides is 3. The number of aromatic nitrogens is 1. The number of hydrogen-bond donors (Lipinski definition) is 2. The van der Waals surface area contributed by atoms with Gasteiger partial charge in [-0.2, -0.15) is 13.2 Å². The van der Waals surface area contributed by atoms with Crippen LogP contribution in [-0.4, -0.2) is 75.5 Å². The zero-order valence-corrected chi connectivity index (χ0v) is 19.7. The van der Waals surface area contributed by atoms with Gasteiger partial charge in [0.25, 0.3) is 0 Å². The fourth-order valence-corrected chi connectivity index (χ4v) is 3.09. The molecule has 1 atom stereocenters. The third-order valence-corrected chi connectivity index (χ3v) is 4.48. The van der Waals surface area contributed by atoms with E-state index in [1.165, 1.54) is 12.3 Å². The lowest BCUT2D eigenvalue weighted by molar-refractivity contribution is -0.137. The SMILES string of the molecule is CCNC(=NCCNc1ncccc1C(F)(F)F)N1CCC(COCCOC)C1.I. The normalized spacial score (nSPS) is 17.0. The van der Waals surface area contributed by atoms with Crippen molar-refractivity contribution >= 4 is 35.8 Å². The van der Waals surface area contributed by atoms with Crippen molar-refractivity contribution in [3.63, 3.8) is 0 Å². The second-order valence-corrected chi connectivity index (χ2v) is 6.73. The second kappa shape index (κ2) is 13.9. The van der Waals surface area contributed by atoms with Crippen LogP contribution in [0, 0.1) is 5.92 Å². The van der Waals surface area contributed by atoms with Crippen molar-refractivity contribution in [1.29, 1.82) is 0 Å². The Hall–Kier alpha value is -1.34. The number of nitrogens with one attached hydrogen (secondary N) is 2. The van der Waals surface area contributed by atoms with Crippen molar-refractivity contribution < 1.29 is 22.6 Å². The first-order valence-corrected chi connectivity index (χ1v) is 9.81. The van der Waals surface area contributed by atoms with Gasteiger partial charge in [-0.25, -0.2) is 4.98 Å². The molecule has 7 nitrogen and oxygen atoms in total. The van der Waals surface area contributed by atoms with E-state index in [2.05, 4.69) is 25.5 Å². The summed E-state index contributed by atoms with van der Waals surface area (Å²) in [7, 11) is 1.65. The molecular formula is C19H31F3IN5O2. The van der Waals surface area contributed by atoms with Crippen molar-refractivity contribution in [2.75, 3.05) is 65.0 Å². The molecule has 0 bridgehead atoms. The topological polar surface area (TPSA) is 71.0 Å². The highest BCUT2D eigenvalue weighted by Gasteiger charge is 2.34. The highest BCUT2D eigenvalue weighted by Crippen LogP contribution is 2.33. The standard InChI is InChI=1S/C19H30F3N5O2.HI/c1-3-23-18(27-10-6-15(13-27)14-29-12-11-28-2)26-9-8-25-17-16(19(20,21)22)5-4-7-24-17;/h4-5,7,15H,3,6,8-14H2,1-2H3,(H,23,26)(H,24,25);1H. The van der Waals surface area contributed by atoms with Crippen LogP contribution in [0.25, 0.3) is 0 Å². The molecule has 30 heavy (non-hydrogen) atoms. The lowest BCUT2D eigenvalue weighted by atomic mass is 10.1. The summed E-state index contributed by atoms with van der Waals surface area (Å²) in [5.41, 5.74) is -0.772. The fourth-order valence-electron chi connectivity index (χ4n) is 3.09. The molecule has 0 aromatic carbocycles. The molecule has 2 rings (SSSR count). The van der Waals surface area contributed by atoms with E-state index in [0.29, 0.717) is 32.3 Å². The summed E-state index contributed by atoms with van der Waals surface area (Å²) < 4.78 is 49.6. The van der Waals surface area contributed by atoms with Crippen LogP contribution < -0.4 is 10.6 Å². The molecule has 11 heteroatoms. The lowest BCUT2D eigenvalue weighted by Crippen LogP contribution is -2.40. The molecule has 1 aliphatic heterocycles. The molecule has 1 aliphatic rings. The minimum Gasteiger partial charge on any atom is -0.382 e. The number of halogens is 4. The molecule has 1 unspecified atom stereocenters. The van der Waals surface area contributed by atoms with Gasteiger partial charge in [0, 0.05) is 45.4 Å². The lowest BCUT2D eigenvalue weighted by Gasteiger charge is -2.22. The average molecular weight is 545 g/mol. The first-order chi connectivity index (χ1) is 14.0. The van der Waals surface area contributed by atoms with E-state index in [9.17, 15) is 13.2 Å². The summed E-state index contributed by atoms with van der Waals surface area (Å²) >= 11 is 0. The van der Waals surface area contributed by atoms with Gasteiger partial charge in [-0.15, -0.1) is 24.0 Å². The van der Waals surface area contributed by atoms with E-state index in [0.717, 1.165) is 38.1 Å². The molecule has 0 radical (unpaired) electrons. The molecule has 1 aromatic heterocycles. The Bertz CT molecular complexity index is 649. The van der Waals surface area contributed by atoms with E-state index in [1.54, 1.807) is 7.11 Å². The minimum absolute atomic E-state index is 0. The van der Waals surface area contributed by atoms with Gasteiger partial charge in [0.1, 0.15) is 5.82 Å². The molecule has 0 spiro atoms. The Balaban J connectivity index is 0.00000450. The summed E-state index contributed by atoms with van der Waals surface area (Å²) in [5, 5.41) is 5.99. The summed E-state index contributed by atoms with van der Waals surface area (Å²) in [6.45, 7) is 6.85. The molecule has 0 saturated carbocycles. The van der Waals surface area contributed by atoms with E-state index >= 15 is 0 Å². The number of guanidine groups is 1. The van der Waals surface area contributed by atoms with Gasteiger partial charge in [0.05, 0.1) is 31.9 Å². The zero-order chi connectivity index (χ0) is 21.1. The maximum Gasteiger partial charge on any atom is 0.419 e. The molecule has 0 amide bonds. The Kier molecular flexibility index (Phi) is 12.3. The minimum atomic E-state index is -4.44. The van der Waals surface area contributed by atoms with E-state index in [-0.39, 0.29) is 36.3 Å². The van der Waals surface area contributed by atoms with Crippen LogP contribution in [0.1, 0.15) is 18.9 Å². The number of anilines is 1. The van der Waals surface area contributed by atoms with Gasteiger partial charge in [-0.05, 0) is 25.5 Å². The fraction of sp³-hybridized carbons (Fsp3) is 0.684. The predicted octanol–water partition coefficient (Wildman–Crippen LogP) is 3.08. The summed E-state index contributed by atoms with van der Waals surface area (Å²) in [5.74, 6) is 1.03. The van der Waals surface area contributed by atoms with Gasteiger partial charge in [-0.1, -0.05) is 0 Å². The number of pyridine rings is 1. The number of aliphatic imine (C=N–C) groups is 1. The average Bonchev–Trinajstić information content (AvgIpc) is 3.16. The first-order valence-electron chi connectivity index (χ1n) is 9.81. The van der Waals surface area contributed by atoms with Crippen LogP contribution >= 0.6 is 24.0 Å². The summed E-state index contributed by atoms with van der Waals surface area (Å²) in [6, 6.07) is 2.29. The quantitative estimate of drug-likeness (QED) is 0.204. The number of rotatable bonds is 10. The van der Waals surface area contributed by atoms with Gasteiger partial charge in [0.2, 0.25) is 0 Å². The molecule has 0 aliphatic carbocycles. The molecule has 1 saturated heterocycles. The Morgan fingerprint density at radius 3 is 2.87 bits per heavy atom. The Labute approximate surface area is 192 Å². The van der Waals surface area contributed by atoms with Crippen LogP contribution in [0.4, 0.5) is 19.0 Å². The first kappa shape index (κ1) is 26.7. The predicted molar refractivity (Wildman–Crippen MR) is 121 cm³/mol. The van der Waals surface area contributed by atoms with E-state index in [1.807, 2.05) is 6.92 Å². The third-order valence-electron chi connectivity index (χ3n) is 4.48. The zero-order valence-electron chi connectivity index (χ0n) is 17.4. The monoisotopic (exact) mass is 545 g/mol. The van der Waals surface area contributed by atoms with E-state index < -0.39 is 11.7 Å². The van der Waals surface area contributed by atoms with Crippen LogP contribution in [0.3, 0.4) is 0 Å². The van der Waals surface area contributed by atoms with Crippen LogP contribution in [0.2, 0.25) is 0 Å². The second-order valence-electron chi connectivity index (χ2n) is 6.73. The summed E-state index contributed by atoms with van der Waals surface area (Å²) in [4.78, 5) is 10.5. The molecule has 2 heterocycles. The van der Waals surface area contributed by atoms with Crippen molar-refractivity contribution in [1.82, 2.24) is 15.2 Å². The number of hydrogen-bond acceptors (Lipinski definition) is 5. The number of ether oxygens (including phenoxy) is 2.